The Morgan fingerprint density at radius 3 is 2.06 bits per heavy atom. The Morgan fingerprint density at radius 2 is 1.50 bits per heavy atom. The van der Waals surface area contributed by atoms with E-state index in [-0.39, 0.29) is 38.6 Å². The van der Waals surface area contributed by atoms with E-state index >= 15 is 0 Å². The van der Waals surface area contributed by atoms with Crippen molar-refractivity contribution in [2.45, 2.75) is 29.0 Å². The maximum atomic E-state index is 13.6. The van der Waals surface area contributed by atoms with Crippen LogP contribution in [0, 0.1) is 11.8 Å². The number of carbonyl (C=O) groups is 3. The number of amides is 3. The smallest absolute Gasteiger partial charge is 0.272 e. The number of benzene rings is 2. The number of rotatable bonds is 4. The zero-order chi connectivity index (χ0) is 23.2. The minimum atomic E-state index is -0.548. The molecule has 1 aliphatic carbocycles. The van der Waals surface area contributed by atoms with Crippen LogP contribution in [0.1, 0.15) is 28.8 Å². The first-order chi connectivity index (χ1) is 15.2. The fourth-order valence-corrected chi connectivity index (χ4v) is 5.91. The van der Waals surface area contributed by atoms with Gasteiger partial charge in [-0.1, -0.05) is 84.9 Å². The van der Waals surface area contributed by atoms with E-state index in [0.29, 0.717) is 28.5 Å². The van der Waals surface area contributed by atoms with Gasteiger partial charge in [-0.05, 0) is 42.7 Å². The molecule has 0 bridgehead atoms. The SMILES string of the molecule is O=C(c1ccccc1Cl)N(Cc1ccc(Cl)c(Cl)c1)N1C(=O)[C@@H]2C[C@H](Br)[C@@H](Br)C[C@H]2C1=O. The molecule has 4 atom stereocenters. The van der Waals surface area contributed by atoms with E-state index < -0.39 is 17.7 Å². The van der Waals surface area contributed by atoms with Crippen molar-refractivity contribution in [2.24, 2.45) is 11.8 Å². The van der Waals surface area contributed by atoms with Gasteiger partial charge in [0.1, 0.15) is 0 Å². The Morgan fingerprint density at radius 1 is 0.906 bits per heavy atom. The number of hydrogen-bond donors (Lipinski definition) is 0. The molecule has 1 heterocycles. The van der Waals surface area contributed by atoms with Crippen molar-refractivity contribution in [3.63, 3.8) is 0 Å². The first-order valence-corrected chi connectivity index (χ1v) is 12.8. The number of imide groups is 1. The Bertz CT molecular complexity index is 1070. The number of halogens is 5. The molecule has 1 aliphatic heterocycles. The second-order valence-electron chi connectivity index (χ2n) is 7.80. The Hall–Kier alpha value is -1.12. The lowest BCUT2D eigenvalue weighted by atomic mass is 9.81. The van der Waals surface area contributed by atoms with Crippen molar-refractivity contribution in [3.05, 3.63) is 68.7 Å². The van der Waals surface area contributed by atoms with Gasteiger partial charge in [-0.3, -0.25) is 14.4 Å². The van der Waals surface area contributed by atoms with Gasteiger partial charge in [0.2, 0.25) is 0 Å². The number of nitrogens with zero attached hydrogens (tertiary/aromatic N) is 2. The highest BCUT2D eigenvalue weighted by Crippen LogP contribution is 2.44. The molecule has 10 heteroatoms. The monoisotopic (exact) mass is 620 g/mol. The molecule has 168 valence electrons. The van der Waals surface area contributed by atoms with E-state index in [9.17, 15) is 14.4 Å². The van der Waals surface area contributed by atoms with E-state index in [0.717, 1.165) is 10.0 Å². The Balaban J connectivity index is 1.74. The van der Waals surface area contributed by atoms with Gasteiger partial charge in [0.25, 0.3) is 17.7 Å². The van der Waals surface area contributed by atoms with Crippen molar-refractivity contribution < 1.29 is 14.4 Å². The lowest BCUT2D eigenvalue weighted by molar-refractivity contribution is -0.155. The molecule has 2 fully saturated rings. The fourth-order valence-electron chi connectivity index (χ4n) is 4.13. The summed E-state index contributed by atoms with van der Waals surface area (Å²) in [5.74, 6) is -2.30. The molecule has 0 unspecified atom stereocenters. The van der Waals surface area contributed by atoms with E-state index in [1.165, 1.54) is 0 Å². The number of hydrogen-bond acceptors (Lipinski definition) is 3. The summed E-state index contributed by atoms with van der Waals surface area (Å²) in [6.45, 7) is -0.0483. The zero-order valence-electron chi connectivity index (χ0n) is 16.5. The van der Waals surface area contributed by atoms with Crippen LogP contribution in [0.2, 0.25) is 15.1 Å². The van der Waals surface area contributed by atoms with Crippen LogP contribution in [0.5, 0.6) is 0 Å². The highest BCUT2D eigenvalue weighted by molar-refractivity contribution is 9.12. The Kier molecular flexibility index (Phi) is 7.23. The molecular weight excluding hydrogens is 606 g/mol. The van der Waals surface area contributed by atoms with E-state index in [1.807, 2.05) is 0 Å². The summed E-state index contributed by atoms with van der Waals surface area (Å²) in [6, 6.07) is 11.4. The third-order valence-corrected chi connectivity index (χ3v) is 9.59. The summed E-state index contributed by atoms with van der Waals surface area (Å²) in [7, 11) is 0. The normalized spacial score (nSPS) is 25.1. The molecule has 0 N–H and O–H groups in total. The van der Waals surface area contributed by atoms with Crippen LogP contribution in [0.15, 0.2) is 42.5 Å². The molecule has 1 saturated carbocycles. The van der Waals surface area contributed by atoms with Crippen molar-refractivity contribution in [2.75, 3.05) is 0 Å². The molecule has 3 amide bonds. The van der Waals surface area contributed by atoms with Crippen molar-refractivity contribution >= 4 is 84.4 Å². The largest absolute Gasteiger partial charge is 0.274 e. The van der Waals surface area contributed by atoms with Crippen LogP contribution in [0.4, 0.5) is 0 Å². The van der Waals surface area contributed by atoms with Crippen LogP contribution in [0.25, 0.3) is 0 Å². The summed E-state index contributed by atoms with van der Waals surface area (Å²) in [5, 5.41) is 3.07. The molecule has 4 rings (SSSR count). The lowest BCUT2D eigenvalue weighted by Gasteiger charge is -2.31. The first-order valence-electron chi connectivity index (χ1n) is 9.85. The van der Waals surface area contributed by atoms with Gasteiger partial charge >= 0.3 is 0 Å². The van der Waals surface area contributed by atoms with Crippen LogP contribution >= 0.6 is 66.7 Å². The highest BCUT2D eigenvalue weighted by Gasteiger charge is 2.54. The fraction of sp³-hybridized carbons (Fsp3) is 0.318. The van der Waals surface area contributed by atoms with E-state index in [2.05, 4.69) is 31.9 Å². The molecule has 2 aromatic carbocycles. The average molecular weight is 624 g/mol. The molecular formula is C22H17Br2Cl3N2O3. The second-order valence-corrected chi connectivity index (χ2v) is 11.4. The van der Waals surface area contributed by atoms with Crippen molar-refractivity contribution in [1.82, 2.24) is 10.0 Å². The maximum Gasteiger partial charge on any atom is 0.274 e. The third kappa shape index (κ3) is 4.47. The molecule has 0 radical (unpaired) electrons. The van der Waals surface area contributed by atoms with Gasteiger partial charge in [-0.15, -0.1) is 0 Å². The van der Waals surface area contributed by atoms with Gasteiger partial charge in [-0.2, -0.15) is 5.01 Å². The summed E-state index contributed by atoms with van der Waals surface area (Å²) in [6.07, 6.45) is 1.01. The highest BCUT2D eigenvalue weighted by atomic mass is 79.9. The van der Waals surface area contributed by atoms with Gasteiger partial charge in [0.15, 0.2) is 0 Å². The van der Waals surface area contributed by atoms with E-state index in [1.54, 1.807) is 42.5 Å². The number of carbonyl (C=O) groups excluding carboxylic acids is 3. The van der Waals surface area contributed by atoms with Gasteiger partial charge in [0, 0.05) is 9.65 Å². The quantitative estimate of drug-likeness (QED) is 0.305. The molecule has 0 aromatic heterocycles. The van der Waals surface area contributed by atoms with Gasteiger partial charge in [-0.25, -0.2) is 5.01 Å². The molecule has 1 saturated heterocycles. The summed E-state index contributed by atoms with van der Waals surface area (Å²) in [5.41, 5.74) is 0.813. The Labute approximate surface area is 217 Å². The van der Waals surface area contributed by atoms with E-state index in [4.69, 9.17) is 34.8 Å². The third-order valence-electron chi connectivity index (χ3n) is 5.78. The maximum absolute atomic E-state index is 13.6. The van der Waals surface area contributed by atoms with Gasteiger partial charge in [0.05, 0.1) is 39.0 Å². The number of fused-ring (bicyclic) bond motifs is 1. The van der Waals surface area contributed by atoms with Crippen molar-refractivity contribution in [1.29, 1.82) is 0 Å². The van der Waals surface area contributed by atoms with Crippen LogP contribution in [0.3, 0.4) is 0 Å². The predicted molar refractivity (Wildman–Crippen MR) is 131 cm³/mol. The standard InChI is InChI=1S/C22H17Br2Cl3N2O3/c23-15-8-13-14(9-16(15)24)22(32)29(21(13)31)28(10-11-5-6-18(26)19(27)7-11)20(30)12-3-1-2-4-17(12)25/h1-7,13-16H,8-10H2/t13-,14-,15+,16+/m1/s1. The second kappa shape index (κ2) is 9.63. The number of hydrazine groups is 1. The predicted octanol–water partition coefficient (Wildman–Crippen LogP) is 6.13. The lowest BCUT2D eigenvalue weighted by Crippen LogP contribution is -2.49. The summed E-state index contributed by atoms with van der Waals surface area (Å²) < 4.78 is 0. The molecule has 0 spiro atoms. The molecule has 5 nitrogen and oxygen atoms in total. The van der Waals surface area contributed by atoms with Gasteiger partial charge < -0.3 is 0 Å². The topological polar surface area (TPSA) is 57.7 Å². The van der Waals surface area contributed by atoms with Crippen LogP contribution in [-0.4, -0.2) is 37.4 Å². The van der Waals surface area contributed by atoms with Crippen LogP contribution < -0.4 is 0 Å². The first kappa shape index (κ1) is 24.0. The minimum absolute atomic E-state index is 0.0483. The zero-order valence-corrected chi connectivity index (χ0v) is 21.9. The minimum Gasteiger partial charge on any atom is -0.272 e. The molecule has 2 aliphatic rings. The molecule has 32 heavy (non-hydrogen) atoms. The van der Waals surface area contributed by atoms with Crippen molar-refractivity contribution in [3.8, 4) is 0 Å². The molecule has 2 aromatic rings. The van der Waals surface area contributed by atoms with Crippen LogP contribution in [-0.2, 0) is 16.1 Å². The summed E-state index contributed by atoms with van der Waals surface area (Å²) in [4.78, 5) is 40.4. The number of alkyl halides is 2. The average Bonchev–Trinajstić information content (AvgIpc) is 2.99. The summed E-state index contributed by atoms with van der Waals surface area (Å²) >= 11 is 25.6.